The van der Waals surface area contributed by atoms with Gasteiger partial charge in [-0.15, -0.1) is 0 Å². The lowest BCUT2D eigenvalue weighted by Gasteiger charge is -2.46. The van der Waals surface area contributed by atoms with Gasteiger partial charge < -0.3 is 170 Å². The Bertz CT molecular complexity index is 3370. The highest BCUT2D eigenvalue weighted by Gasteiger charge is 2.52. The Labute approximate surface area is 647 Å². The molecule has 0 bridgehead atoms. The first-order valence-corrected chi connectivity index (χ1v) is 36.6. The van der Waals surface area contributed by atoms with Crippen LogP contribution < -0.4 is 75.3 Å². The second-order valence-corrected chi connectivity index (χ2v) is 27.4. The van der Waals surface area contributed by atoms with Crippen LogP contribution in [0.1, 0.15) is 72.6 Å². The maximum absolute atomic E-state index is 13.9. The summed E-state index contributed by atoms with van der Waals surface area (Å²) in [6.45, 7) is -5.15. The van der Waals surface area contributed by atoms with Gasteiger partial charge in [0.25, 0.3) is 0 Å². The van der Waals surface area contributed by atoms with Gasteiger partial charge >= 0.3 is 13.8 Å². The van der Waals surface area contributed by atoms with Gasteiger partial charge in [-0.2, -0.15) is 0 Å². The Hall–Kier alpha value is -9.01. The second kappa shape index (κ2) is 48.4. The molecule has 3 fully saturated rings. The Morgan fingerprint density at radius 3 is 1.54 bits per heavy atom. The van der Waals surface area contributed by atoms with Gasteiger partial charge in [0.05, 0.1) is 84.4 Å². The summed E-state index contributed by atoms with van der Waals surface area (Å²) in [5.41, 5.74) is 10.5. The molecule has 0 aromatic carbocycles. The van der Waals surface area contributed by atoms with Crippen molar-refractivity contribution in [2.24, 2.45) is 11.5 Å². The minimum atomic E-state index is -5.15. The molecule has 52 nitrogen and oxygen atoms in total. The number of hydrogen-bond acceptors (Lipinski definition) is 35. The van der Waals surface area contributed by atoms with E-state index in [0.717, 1.165) is 25.7 Å². The normalized spacial score (nSPS) is 24.1. The number of primary amides is 2. The number of carbonyl (C=O) groups is 16. The van der Waals surface area contributed by atoms with Crippen molar-refractivity contribution in [3.63, 3.8) is 0 Å². The largest absolute Gasteiger partial charge is 0.481 e. The van der Waals surface area contributed by atoms with Crippen molar-refractivity contribution in [1.29, 1.82) is 0 Å². The molecule has 648 valence electrons. The standard InChI is InChI=1S/C61H102N15O37P/c1-5-12-108-61-49(47(94)44(91)35(22-81)111-61)113-60-48(95)46(93)45(92)36(112-60)23-110-114(106,107)109-13-10-64-50(96)30(18-77)70-56(102)34-7-6-11-76(34)59(105)33(21-80)73-55(101)32(20-79)72-57(103)42(24(2)82)74-51(97)27(8-9-37(62)85)68-54(100)31(19-78)71-58(104)43(25(3)83)75-53(99)29(15-41(89)90)69-52(98)28(14-38(63)86)67-40(88)17-66-39(87)16-65-26(4)84/h24-25,27-36,42-49,60-61,77-83,91-95H,5-23H2,1-4H3,(H2,62,85)(H2,63,86)(H,64,96)(H,65,84)(H,66,87)(H,67,88)(H,68,100)(H,69,98)(H,70,102)(H,71,104)(H,72,103)(H,73,101)(H,74,97)(H,75,99)(H,89,90)(H,106,107)/t24-,25-,27+,28+,29+,30+,31+,32+,33+,34+,35-,36-,42+,43+,44-,45-,46+,47+,48+,49+,60-,61+/m1/s1. The van der Waals surface area contributed by atoms with Crippen LogP contribution in [-0.2, 0) is 109 Å². The van der Waals surface area contributed by atoms with Crippen molar-refractivity contribution < 1.29 is 181 Å². The van der Waals surface area contributed by atoms with Gasteiger partial charge in [-0.1, -0.05) is 6.92 Å². The molecular formula is C61H102N15O37P. The number of nitrogens with two attached hydrogens (primary N) is 2. The predicted octanol–water partition coefficient (Wildman–Crippen LogP) is -17.8. The molecule has 0 aliphatic carbocycles. The summed E-state index contributed by atoms with van der Waals surface area (Å²) in [6.07, 6.45) is -25.0. The van der Waals surface area contributed by atoms with Crippen LogP contribution >= 0.6 is 7.82 Å². The number of carbonyl (C=O) groups excluding carboxylic acids is 15. The number of nitrogens with one attached hydrogen (secondary N) is 12. The molecule has 3 saturated heterocycles. The summed E-state index contributed by atoms with van der Waals surface area (Å²) < 4.78 is 44.7. The number of phosphoric ester groups is 1. The maximum Gasteiger partial charge on any atom is 0.472 e. The van der Waals surface area contributed by atoms with Gasteiger partial charge in [0, 0.05) is 33.0 Å². The molecule has 3 aliphatic rings. The minimum Gasteiger partial charge on any atom is -0.481 e. The molecule has 3 rings (SSSR count). The highest BCUT2D eigenvalue weighted by Crippen LogP contribution is 2.44. The second-order valence-electron chi connectivity index (χ2n) is 25.9. The third-order valence-electron chi connectivity index (χ3n) is 16.9. The third kappa shape index (κ3) is 31.6. The third-order valence-corrected chi connectivity index (χ3v) is 17.8. The molecule has 0 aromatic rings. The lowest BCUT2D eigenvalue weighted by molar-refractivity contribution is -0.367. The van der Waals surface area contributed by atoms with Crippen molar-refractivity contribution in [2.45, 2.75) is 207 Å². The van der Waals surface area contributed by atoms with E-state index in [1.807, 2.05) is 31.9 Å². The maximum atomic E-state index is 13.9. The Kier molecular flexibility index (Phi) is 42.1. The predicted molar refractivity (Wildman–Crippen MR) is 370 cm³/mol. The van der Waals surface area contributed by atoms with E-state index in [1.54, 1.807) is 6.92 Å². The summed E-state index contributed by atoms with van der Waals surface area (Å²) in [5.74, 6) is -20.3. The number of carboxylic acid groups (broad SMARTS) is 1. The number of likely N-dealkylation sites (tertiary alicyclic amines) is 1. The van der Waals surface area contributed by atoms with Crippen LogP contribution in [0.25, 0.3) is 0 Å². The summed E-state index contributed by atoms with van der Waals surface area (Å²) in [7, 11) is -5.15. The molecule has 0 spiro atoms. The number of aliphatic hydroxyl groups is 12. The van der Waals surface area contributed by atoms with E-state index in [4.69, 9.17) is 39.5 Å². The van der Waals surface area contributed by atoms with Gasteiger partial charge in [0.2, 0.25) is 88.6 Å². The van der Waals surface area contributed by atoms with Crippen molar-refractivity contribution in [3.05, 3.63) is 0 Å². The molecule has 0 radical (unpaired) electrons. The number of nitrogens with zero attached hydrogens (tertiary/aromatic N) is 1. The number of carboxylic acids is 1. The monoisotopic (exact) mass is 1670 g/mol. The van der Waals surface area contributed by atoms with Crippen LogP contribution in [0.5, 0.6) is 0 Å². The number of amides is 15. The topological polar surface area (TPSA) is 828 Å². The number of rotatable bonds is 49. The van der Waals surface area contributed by atoms with Gasteiger partial charge in [0.1, 0.15) is 109 Å². The molecule has 114 heavy (non-hydrogen) atoms. The fourth-order valence-electron chi connectivity index (χ4n) is 10.8. The molecule has 23 atom stereocenters. The van der Waals surface area contributed by atoms with E-state index >= 15 is 0 Å². The van der Waals surface area contributed by atoms with Crippen LogP contribution in [0.4, 0.5) is 0 Å². The fourth-order valence-corrected chi connectivity index (χ4v) is 11.5. The van der Waals surface area contributed by atoms with Gasteiger partial charge in [-0.05, 0) is 39.5 Å². The first-order chi connectivity index (χ1) is 53.5. The fraction of sp³-hybridized carbons (Fsp3) is 0.738. The zero-order valence-corrected chi connectivity index (χ0v) is 62.7. The Balaban J connectivity index is 1.64. The molecule has 0 saturated carbocycles. The smallest absolute Gasteiger partial charge is 0.472 e. The van der Waals surface area contributed by atoms with E-state index in [0.29, 0.717) is 6.42 Å². The summed E-state index contributed by atoms with van der Waals surface area (Å²) in [4.78, 5) is 219. The average Bonchev–Trinajstić information content (AvgIpc) is 0.951. The van der Waals surface area contributed by atoms with Crippen LogP contribution in [0.15, 0.2) is 0 Å². The number of aliphatic carboxylic acids is 1. The Morgan fingerprint density at radius 2 is 1.03 bits per heavy atom. The highest BCUT2D eigenvalue weighted by atomic mass is 31.2. The molecular weight excluding hydrogens is 1570 g/mol. The van der Waals surface area contributed by atoms with Crippen molar-refractivity contribution >= 4 is 102 Å². The molecule has 3 heterocycles. The highest BCUT2D eigenvalue weighted by molar-refractivity contribution is 7.47. The summed E-state index contributed by atoms with van der Waals surface area (Å²) in [5, 5.41) is 159. The van der Waals surface area contributed by atoms with Crippen molar-refractivity contribution in [3.8, 4) is 0 Å². The molecule has 53 heteroatoms. The molecule has 0 aromatic heterocycles. The van der Waals surface area contributed by atoms with Crippen LogP contribution in [0, 0.1) is 0 Å². The van der Waals surface area contributed by atoms with Crippen molar-refractivity contribution in [2.75, 3.05) is 79.0 Å². The minimum absolute atomic E-state index is 0.0297. The molecule has 1 unspecified atom stereocenters. The van der Waals surface area contributed by atoms with Crippen LogP contribution in [0.3, 0.4) is 0 Å². The van der Waals surface area contributed by atoms with E-state index in [-0.39, 0.29) is 26.0 Å². The van der Waals surface area contributed by atoms with E-state index in [1.165, 1.54) is 0 Å². The van der Waals surface area contributed by atoms with Crippen LogP contribution in [-0.4, -0.2) is 384 Å². The number of aliphatic hydroxyl groups excluding tert-OH is 12. The quantitative estimate of drug-likeness (QED) is 0.0199. The number of hydrogen-bond donors (Lipinski definition) is 28. The van der Waals surface area contributed by atoms with Gasteiger partial charge in [-0.3, -0.25) is 85.8 Å². The lowest BCUT2D eigenvalue weighted by atomic mass is 9.97. The van der Waals surface area contributed by atoms with Crippen LogP contribution in [0.2, 0.25) is 0 Å². The van der Waals surface area contributed by atoms with E-state index < -0.39 is 328 Å². The Morgan fingerprint density at radius 1 is 0.535 bits per heavy atom. The average molecular weight is 1670 g/mol. The summed E-state index contributed by atoms with van der Waals surface area (Å²) >= 11 is 0. The van der Waals surface area contributed by atoms with E-state index in [9.17, 15) is 153 Å². The zero-order valence-electron chi connectivity index (χ0n) is 61.8. The molecule has 30 N–H and O–H groups in total. The first-order valence-electron chi connectivity index (χ1n) is 35.1. The lowest BCUT2D eigenvalue weighted by Crippen LogP contribution is -2.64. The van der Waals surface area contributed by atoms with E-state index in [2.05, 4.69) is 31.9 Å². The SMILES string of the molecule is CCCO[C@H]1O[C@H](CO)[C@@H](O)[C@H](O)[C@@H]1O[C@H]1O[C@H](COP(=O)(O)OCCNC(=O)[C@H](CO)NC(=O)[C@@H]2CCCN2C(=O)[C@H](CO)NC(=O)[C@H](CO)NC(=O)[C@@H](NC(=O)[C@H](CCC(N)=O)NC(=O)[C@H](CO)NC(=O)[C@@H](NC(=O)[C@H](CC(=O)O)NC(=O)[C@H](CC(N)=O)NC(=O)CNC(=O)CNC(C)=O)[C@@H](C)O)[C@@H](C)O)[C@@H](O)[C@H](O)[C@@H]1O. The summed E-state index contributed by atoms with van der Waals surface area (Å²) in [6, 6.07) is -19.9. The molecule has 3 aliphatic heterocycles. The van der Waals surface area contributed by atoms with Gasteiger partial charge in [0.15, 0.2) is 12.6 Å². The van der Waals surface area contributed by atoms with Gasteiger partial charge in [-0.25, -0.2) is 4.57 Å². The molecule has 15 amide bonds. The zero-order chi connectivity index (χ0) is 86.2. The number of phosphoric acid groups is 1. The number of ether oxygens (including phenoxy) is 4. The first kappa shape index (κ1) is 99.2. The van der Waals surface area contributed by atoms with Crippen molar-refractivity contribution in [1.82, 2.24) is 68.7 Å².